The summed E-state index contributed by atoms with van der Waals surface area (Å²) in [6, 6.07) is 2.14. The minimum Gasteiger partial charge on any atom is -0.388 e. The molecular weight excluding hydrogens is 330 g/mol. The van der Waals surface area contributed by atoms with Gasteiger partial charge in [-0.25, -0.2) is 15.0 Å². The summed E-state index contributed by atoms with van der Waals surface area (Å²) in [6.07, 6.45) is 7.24. The lowest BCUT2D eigenvalue weighted by Gasteiger charge is -2.37. The Hall–Kier alpha value is -1.83. The van der Waals surface area contributed by atoms with E-state index in [-0.39, 0.29) is 6.04 Å². The molecule has 0 aliphatic carbocycles. The van der Waals surface area contributed by atoms with Crippen LogP contribution in [-0.4, -0.2) is 61.4 Å². The van der Waals surface area contributed by atoms with Crippen molar-refractivity contribution in [1.29, 1.82) is 0 Å². The van der Waals surface area contributed by atoms with Gasteiger partial charge in [-0.15, -0.1) is 0 Å². The molecule has 7 heteroatoms. The van der Waals surface area contributed by atoms with E-state index in [2.05, 4.69) is 9.88 Å². The molecule has 2 aliphatic rings. The summed E-state index contributed by atoms with van der Waals surface area (Å²) in [5.41, 5.74) is 1.15. The maximum absolute atomic E-state index is 10.9. The van der Waals surface area contributed by atoms with Gasteiger partial charge < -0.3 is 14.4 Å². The number of rotatable bonds is 4. The third-order valence-corrected chi connectivity index (χ3v) is 5.50. The van der Waals surface area contributed by atoms with Gasteiger partial charge in [0.15, 0.2) is 5.82 Å². The minimum atomic E-state index is -0.660. The quantitative estimate of drug-likeness (QED) is 0.900. The van der Waals surface area contributed by atoms with Crippen LogP contribution in [0.15, 0.2) is 18.5 Å². The molecule has 0 bridgehead atoms. The Balaban J connectivity index is 1.59. The molecule has 26 heavy (non-hydrogen) atoms. The average Bonchev–Trinajstić information content (AvgIpc) is 3.23. The summed E-state index contributed by atoms with van der Waals surface area (Å²) in [7, 11) is 1.97. The molecule has 2 aliphatic heterocycles. The van der Waals surface area contributed by atoms with Crippen molar-refractivity contribution >= 4 is 0 Å². The van der Waals surface area contributed by atoms with E-state index in [4.69, 9.17) is 14.7 Å². The van der Waals surface area contributed by atoms with Crippen molar-refractivity contribution in [1.82, 2.24) is 24.4 Å². The van der Waals surface area contributed by atoms with Crippen LogP contribution in [0.3, 0.4) is 0 Å². The van der Waals surface area contributed by atoms with Crippen molar-refractivity contribution in [3.05, 3.63) is 30.0 Å². The first-order valence-corrected chi connectivity index (χ1v) is 9.42. The SMILES string of the molecule is Cc1cc(-c2nccn2C)nc([C@H]2CCCN2CC2(O)CCOCC2)n1. The summed E-state index contributed by atoms with van der Waals surface area (Å²) >= 11 is 0. The smallest absolute Gasteiger partial charge is 0.158 e. The highest BCUT2D eigenvalue weighted by Gasteiger charge is 2.37. The van der Waals surface area contributed by atoms with E-state index in [1.165, 1.54) is 0 Å². The van der Waals surface area contributed by atoms with Crippen LogP contribution in [0.5, 0.6) is 0 Å². The summed E-state index contributed by atoms with van der Waals surface area (Å²) in [5.74, 6) is 1.69. The highest BCUT2D eigenvalue weighted by Crippen LogP contribution is 2.34. The Kier molecular flexibility index (Phi) is 4.77. The topological polar surface area (TPSA) is 76.3 Å². The number of aliphatic hydroxyl groups is 1. The highest BCUT2D eigenvalue weighted by atomic mass is 16.5. The fraction of sp³-hybridized carbons (Fsp3) is 0.632. The molecule has 4 rings (SSSR count). The van der Waals surface area contributed by atoms with Crippen molar-refractivity contribution in [2.45, 2.75) is 44.2 Å². The van der Waals surface area contributed by atoms with E-state index in [1.807, 2.05) is 30.8 Å². The molecule has 0 aromatic carbocycles. The van der Waals surface area contributed by atoms with E-state index < -0.39 is 5.60 Å². The number of β-amino-alcohol motifs (C(OH)–C–C–N with tert-alkyl or cyclic N) is 1. The zero-order valence-corrected chi connectivity index (χ0v) is 15.6. The maximum Gasteiger partial charge on any atom is 0.158 e. The van der Waals surface area contributed by atoms with Gasteiger partial charge in [0.25, 0.3) is 0 Å². The highest BCUT2D eigenvalue weighted by molar-refractivity contribution is 5.50. The van der Waals surface area contributed by atoms with Gasteiger partial charge in [-0.3, -0.25) is 4.90 Å². The van der Waals surface area contributed by atoms with Gasteiger partial charge in [-0.05, 0) is 32.4 Å². The van der Waals surface area contributed by atoms with Crippen LogP contribution in [-0.2, 0) is 11.8 Å². The monoisotopic (exact) mass is 357 g/mol. The molecular formula is C19H27N5O2. The molecule has 140 valence electrons. The van der Waals surface area contributed by atoms with Crippen LogP contribution in [0.25, 0.3) is 11.5 Å². The standard InChI is InChI=1S/C19H27N5O2/c1-14-12-15(18-20-7-9-23(18)2)22-17(21-14)16-4-3-8-24(16)13-19(25)5-10-26-11-6-19/h7,9,12,16,25H,3-6,8,10-11,13H2,1-2H3/t16-/m1/s1. The zero-order valence-electron chi connectivity index (χ0n) is 15.6. The molecule has 2 fully saturated rings. The number of aromatic nitrogens is 4. The summed E-state index contributed by atoms with van der Waals surface area (Å²) in [6.45, 7) is 4.92. The second-order valence-electron chi connectivity index (χ2n) is 7.58. The van der Waals surface area contributed by atoms with E-state index in [0.29, 0.717) is 32.6 Å². The number of imidazole rings is 1. The van der Waals surface area contributed by atoms with Crippen molar-refractivity contribution < 1.29 is 9.84 Å². The number of nitrogens with zero attached hydrogens (tertiary/aromatic N) is 5. The van der Waals surface area contributed by atoms with Crippen LogP contribution in [0, 0.1) is 6.92 Å². The van der Waals surface area contributed by atoms with Crippen molar-refractivity contribution in [3.63, 3.8) is 0 Å². The first-order chi connectivity index (χ1) is 12.5. The van der Waals surface area contributed by atoms with Crippen molar-refractivity contribution in [2.24, 2.45) is 7.05 Å². The van der Waals surface area contributed by atoms with Crippen LogP contribution in [0.1, 0.15) is 43.2 Å². The maximum atomic E-state index is 10.9. The number of aryl methyl sites for hydroxylation is 2. The Morgan fingerprint density at radius 3 is 2.85 bits per heavy atom. The molecule has 1 N–H and O–H groups in total. The number of likely N-dealkylation sites (tertiary alicyclic amines) is 1. The summed E-state index contributed by atoms with van der Waals surface area (Å²) in [5, 5.41) is 10.9. The largest absolute Gasteiger partial charge is 0.388 e. The number of hydrogen-bond donors (Lipinski definition) is 1. The fourth-order valence-electron chi connectivity index (χ4n) is 4.06. The van der Waals surface area contributed by atoms with E-state index in [9.17, 15) is 5.11 Å². The van der Waals surface area contributed by atoms with Gasteiger partial charge in [0, 0.05) is 57.7 Å². The lowest BCUT2D eigenvalue weighted by molar-refractivity contribution is -0.0819. The summed E-state index contributed by atoms with van der Waals surface area (Å²) in [4.78, 5) is 16.3. The fourth-order valence-corrected chi connectivity index (χ4v) is 4.06. The Bertz CT molecular complexity index is 769. The first kappa shape index (κ1) is 17.6. The average molecular weight is 357 g/mol. The molecule has 0 saturated carbocycles. The molecule has 1 atom stereocenters. The van der Waals surface area contributed by atoms with Gasteiger partial charge in [-0.2, -0.15) is 0 Å². The molecule has 0 amide bonds. The third-order valence-electron chi connectivity index (χ3n) is 5.50. The molecule has 7 nitrogen and oxygen atoms in total. The predicted octanol–water partition coefficient (Wildman–Crippen LogP) is 1.86. The van der Waals surface area contributed by atoms with Crippen LogP contribution < -0.4 is 0 Å². The molecule has 2 aromatic rings. The summed E-state index contributed by atoms with van der Waals surface area (Å²) < 4.78 is 7.39. The van der Waals surface area contributed by atoms with Crippen LogP contribution >= 0.6 is 0 Å². The van der Waals surface area contributed by atoms with Gasteiger partial charge in [-0.1, -0.05) is 0 Å². The van der Waals surface area contributed by atoms with E-state index >= 15 is 0 Å². The van der Waals surface area contributed by atoms with Gasteiger partial charge in [0.05, 0.1) is 11.6 Å². The molecule has 0 spiro atoms. The Morgan fingerprint density at radius 1 is 1.31 bits per heavy atom. The molecule has 0 radical (unpaired) electrons. The Morgan fingerprint density at radius 2 is 2.12 bits per heavy atom. The second kappa shape index (κ2) is 7.06. The van der Waals surface area contributed by atoms with Crippen molar-refractivity contribution in [3.8, 4) is 11.5 Å². The van der Waals surface area contributed by atoms with E-state index in [1.54, 1.807) is 6.20 Å². The lowest BCUT2D eigenvalue weighted by Crippen LogP contribution is -2.46. The van der Waals surface area contributed by atoms with Crippen molar-refractivity contribution in [2.75, 3.05) is 26.3 Å². The second-order valence-corrected chi connectivity index (χ2v) is 7.58. The van der Waals surface area contributed by atoms with Gasteiger partial charge in [0.2, 0.25) is 0 Å². The first-order valence-electron chi connectivity index (χ1n) is 9.42. The van der Waals surface area contributed by atoms with Gasteiger partial charge in [0.1, 0.15) is 11.5 Å². The predicted molar refractivity (Wildman–Crippen MR) is 97.5 cm³/mol. The number of hydrogen-bond acceptors (Lipinski definition) is 6. The third kappa shape index (κ3) is 3.51. The van der Waals surface area contributed by atoms with Crippen LogP contribution in [0.2, 0.25) is 0 Å². The zero-order chi connectivity index (χ0) is 18.1. The lowest BCUT2D eigenvalue weighted by atomic mass is 9.93. The minimum absolute atomic E-state index is 0.154. The van der Waals surface area contributed by atoms with Crippen LogP contribution in [0.4, 0.5) is 0 Å². The number of ether oxygens (including phenoxy) is 1. The molecule has 2 aromatic heterocycles. The molecule has 4 heterocycles. The van der Waals surface area contributed by atoms with E-state index in [0.717, 1.165) is 42.4 Å². The normalized spacial score (nSPS) is 23.4. The molecule has 2 saturated heterocycles. The Labute approximate surface area is 154 Å². The van der Waals surface area contributed by atoms with Gasteiger partial charge >= 0.3 is 0 Å². The molecule has 0 unspecified atom stereocenters.